The number of hydrogen-bond acceptors (Lipinski definition) is 2. The molecule has 2 N–H and O–H groups in total. The average Bonchev–Trinajstić information content (AvgIpc) is 2.39. The van der Waals surface area contributed by atoms with Crippen LogP contribution in [-0.4, -0.2) is 11.1 Å². The van der Waals surface area contributed by atoms with Crippen LogP contribution in [0.2, 0.25) is 0 Å². The van der Waals surface area contributed by atoms with Gasteiger partial charge in [0.25, 0.3) is 0 Å². The fraction of sp³-hybridized carbons (Fsp3) is 0.0714. The maximum absolute atomic E-state index is 13.6. The van der Waals surface area contributed by atoms with E-state index < -0.39 is 11.8 Å². The molecule has 0 unspecified atom stereocenters. The largest absolute Gasteiger partial charge is 0.478 e. The van der Waals surface area contributed by atoms with Crippen LogP contribution in [0, 0.1) is 11.6 Å². The van der Waals surface area contributed by atoms with Gasteiger partial charge in [-0.15, -0.1) is 0 Å². The lowest BCUT2D eigenvalue weighted by Crippen LogP contribution is -2.05. The minimum absolute atomic E-state index is 0.00734. The first-order valence-corrected chi connectivity index (χ1v) is 6.47. The summed E-state index contributed by atoms with van der Waals surface area (Å²) >= 11 is 3.21. The summed E-state index contributed by atoms with van der Waals surface area (Å²) in [4.78, 5) is 10.8. The van der Waals surface area contributed by atoms with Crippen LogP contribution < -0.4 is 5.32 Å². The van der Waals surface area contributed by atoms with Crippen LogP contribution >= 0.6 is 15.9 Å². The molecule has 2 rings (SSSR count). The highest BCUT2D eigenvalue weighted by Gasteiger charge is 2.09. The molecule has 0 aliphatic rings. The number of rotatable bonds is 4. The number of benzene rings is 2. The lowest BCUT2D eigenvalue weighted by molar-refractivity contribution is 0.0697. The van der Waals surface area contributed by atoms with Gasteiger partial charge in [0.15, 0.2) is 0 Å². The molecule has 0 atom stereocenters. The summed E-state index contributed by atoms with van der Waals surface area (Å²) < 4.78 is 27.1. The topological polar surface area (TPSA) is 49.3 Å². The summed E-state index contributed by atoms with van der Waals surface area (Å²) in [5.41, 5.74) is 0.805. The van der Waals surface area contributed by atoms with E-state index in [1.807, 2.05) is 0 Å². The zero-order valence-corrected chi connectivity index (χ0v) is 11.7. The molecule has 0 saturated heterocycles. The van der Waals surface area contributed by atoms with Crippen molar-refractivity contribution in [2.45, 2.75) is 6.54 Å². The first-order chi connectivity index (χ1) is 9.47. The van der Waals surface area contributed by atoms with Gasteiger partial charge >= 0.3 is 5.97 Å². The molecule has 0 saturated carbocycles. The Morgan fingerprint density at radius 2 is 1.95 bits per heavy atom. The fourth-order valence-electron chi connectivity index (χ4n) is 1.65. The van der Waals surface area contributed by atoms with E-state index in [1.54, 1.807) is 6.07 Å². The summed E-state index contributed by atoms with van der Waals surface area (Å²) in [6.07, 6.45) is 0. The number of anilines is 1. The van der Waals surface area contributed by atoms with Gasteiger partial charge in [-0.25, -0.2) is 13.6 Å². The van der Waals surface area contributed by atoms with E-state index >= 15 is 0 Å². The van der Waals surface area contributed by atoms with Gasteiger partial charge in [0, 0.05) is 11.0 Å². The molecule has 0 aliphatic carbocycles. The summed E-state index contributed by atoms with van der Waals surface area (Å²) in [7, 11) is 0. The Balaban J connectivity index is 2.18. The SMILES string of the molecule is O=C(O)c1ccc(F)c(NCc2ccc(F)cc2Br)c1. The van der Waals surface area contributed by atoms with E-state index in [9.17, 15) is 13.6 Å². The van der Waals surface area contributed by atoms with E-state index in [-0.39, 0.29) is 23.6 Å². The van der Waals surface area contributed by atoms with Crippen molar-refractivity contribution >= 4 is 27.6 Å². The summed E-state index contributed by atoms with van der Waals surface area (Å²) in [6.45, 7) is 0.237. The van der Waals surface area contributed by atoms with Crippen LogP contribution in [0.3, 0.4) is 0 Å². The minimum atomic E-state index is -1.13. The molecular formula is C14H10BrF2NO2. The molecule has 20 heavy (non-hydrogen) atoms. The van der Waals surface area contributed by atoms with E-state index in [0.717, 1.165) is 11.6 Å². The molecule has 0 bridgehead atoms. The van der Waals surface area contributed by atoms with Crippen molar-refractivity contribution in [1.82, 2.24) is 0 Å². The molecule has 104 valence electrons. The second-order valence-corrected chi connectivity index (χ2v) is 4.94. The molecule has 6 heteroatoms. The Hall–Kier alpha value is -1.95. The second-order valence-electron chi connectivity index (χ2n) is 4.09. The first-order valence-electron chi connectivity index (χ1n) is 5.68. The molecule has 0 radical (unpaired) electrons. The van der Waals surface area contributed by atoms with Crippen molar-refractivity contribution in [3.05, 3.63) is 63.6 Å². The van der Waals surface area contributed by atoms with Gasteiger partial charge in [-0.1, -0.05) is 22.0 Å². The van der Waals surface area contributed by atoms with Gasteiger partial charge in [-0.3, -0.25) is 0 Å². The third-order valence-electron chi connectivity index (χ3n) is 2.70. The minimum Gasteiger partial charge on any atom is -0.478 e. The van der Waals surface area contributed by atoms with Crippen LogP contribution in [0.25, 0.3) is 0 Å². The highest BCUT2D eigenvalue weighted by Crippen LogP contribution is 2.21. The van der Waals surface area contributed by atoms with Crippen molar-refractivity contribution in [3.63, 3.8) is 0 Å². The number of hydrogen-bond donors (Lipinski definition) is 2. The van der Waals surface area contributed by atoms with Crippen LogP contribution in [-0.2, 0) is 6.54 Å². The Morgan fingerprint density at radius 3 is 2.60 bits per heavy atom. The predicted molar refractivity (Wildman–Crippen MR) is 74.8 cm³/mol. The van der Waals surface area contributed by atoms with Gasteiger partial charge < -0.3 is 10.4 Å². The standard InChI is InChI=1S/C14H10BrF2NO2/c15-11-6-10(16)3-1-9(11)7-18-13-5-8(14(19)20)2-4-12(13)17/h1-6,18H,7H2,(H,19,20). The number of carboxylic acid groups (broad SMARTS) is 1. The lowest BCUT2D eigenvalue weighted by atomic mass is 10.1. The van der Waals surface area contributed by atoms with Crippen LogP contribution in [0.4, 0.5) is 14.5 Å². The van der Waals surface area contributed by atoms with Crippen molar-refractivity contribution < 1.29 is 18.7 Å². The zero-order chi connectivity index (χ0) is 14.7. The van der Waals surface area contributed by atoms with E-state index in [2.05, 4.69) is 21.2 Å². The normalized spacial score (nSPS) is 10.3. The molecule has 2 aromatic carbocycles. The Kier molecular flexibility index (Phi) is 4.34. The molecule has 0 amide bonds. The van der Waals surface area contributed by atoms with Gasteiger partial charge in [0.05, 0.1) is 11.3 Å². The van der Waals surface area contributed by atoms with Crippen LogP contribution in [0.15, 0.2) is 40.9 Å². The quantitative estimate of drug-likeness (QED) is 0.882. The van der Waals surface area contributed by atoms with Crippen LogP contribution in [0.5, 0.6) is 0 Å². The molecule has 0 fully saturated rings. The number of nitrogens with one attached hydrogen (secondary N) is 1. The highest BCUT2D eigenvalue weighted by atomic mass is 79.9. The molecule has 0 aliphatic heterocycles. The first kappa shape index (κ1) is 14.5. The van der Waals surface area contributed by atoms with Gasteiger partial charge in [0.2, 0.25) is 0 Å². The number of halogens is 3. The average molecular weight is 342 g/mol. The summed E-state index contributed by atoms with van der Waals surface area (Å²) in [5.74, 6) is -2.05. The zero-order valence-electron chi connectivity index (χ0n) is 10.2. The lowest BCUT2D eigenvalue weighted by Gasteiger charge is -2.10. The maximum Gasteiger partial charge on any atom is 0.335 e. The molecule has 0 heterocycles. The highest BCUT2D eigenvalue weighted by molar-refractivity contribution is 9.10. The predicted octanol–water partition coefficient (Wildman–Crippen LogP) is 4.04. The molecule has 0 aromatic heterocycles. The van der Waals surface area contributed by atoms with Gasteiger partial charge in [-0.05, 0) is 35.9 Å². The number of aromatic carboxylic acids is 1. The van der Waals surface area contributed by atoms with E-state index in [1.165, 1.54) is 24.3 Å². The van der Waals surface area contributed by atoms with E-state index in [4.69, 9.17) is 5.11 Å². The van der Waals surface area contributed by atoms with Gasteiger partial charge in [-0.2, -0.15) is 0 Å². The van der Waals surface area contributed by atoms with Crippen LogP contribution in [0.1, 0.15) is 15.9 Å². The number of carbonyl (C=O) groups is 1. The molecule has 2 aromatic rings. The summed E-state index contributed by atoms with van der Waals surface area (Å²) in [6, 6.07) is 7.66. The van der Waals surface area contributed by atoms with E-state index in [0.29, 0.717) is 4.47 Å². The second kappa shape index (κ2) is 6.00. The maximum atomic E-state index is 13.6. The summed E-state index contributed by atoms with van der Waals surface area (Å²) in [5, 5.41) is 11.7. The third kappa shape index (κ3) is 3.33. The monoisotopic (exact) mass is 341 g/mol. The number of carboxylic acids is 1. The Bertz CT molecular complexity index is 662. The Labute approximate surface area is 122 Å². The molecule has 3 nitrogen and oxygen atoms in total. The molecule has 0 spiro atoms. The van der Waals surface area contributed by atoms with Crippen molar-refractivity contribution in [2.24, 2.45) is 0 Å². The smallest absolute Gasteiger partial charge is 0.335 e. The van der Waals surface area contributed by atoms with Gasteiger partial charge in [0.1, 0.15) is 11.6 Å². The Morgan fingerprint density at radius 1 is 1.20 bits per heavy atom. The third-order valence-corrected chi connectivity index (χ3v) is 3.44. The van der Waals surface area contributed by atoms with Crippen molar-refractivity contribution in [2.75, 3.05) is 5.32 Å². The fourth-order valence-corrected chi connectivity index (χ4v) is 2.14. The van der Waals surface area contributed by atoms with Crippen molar-refractivity contribution in [3.8, 4) is 0 Å². The molecular weight excluding hydrogens is 332 g/mol. The van der Waals surface area contributed by atoms with Crippen molar-refractivity contribution in [1.29, 1.82) is 0 Å².